The van der Waals surface area contributed by atoms with E-state index in [1.807, 2.05) is 25.1 Å². The van der Waals surface area contributed by atoms with E-state index in [9.17, 15) is 9.90 Å². The summed E-state index contributed by atoms with van der Waals surface area (Å²) in [7, 11) is 0. The van der Waals surface area contributed by atoms with E-state index in [2.05, 4.69) is 10.3 Å². The number of aromatic amines is 1. The lowest BCUT2D eigenvalue weighted by Gasteiger charge is -2.36. The fourth-order valence-corrected chi connectivity index (χ4v) is 3.21. The molecule has 3 N–H and O–H groups in total. The normalized spacial score (nSPS) is 18.7. The molecule has 0 saturated heterocycles. The van der Waals surface area contributed by atoms with Crippen molar-refractivity contribution in [1.29, 1.82) is 0 Å². The van der Waals surface area contributed by atoms with Crippen LogP contribution < -0.4 is 15.6 Å². The van der Waals surface area contributed by atoms with Gasteiger partial charge in [-0.25, -0.2) is 0 Å². The SMILES string of the molecule is CCC(NC1(O)CCCCC1)Oc1cccc2[nH]c(=O)ccc12. The Labute approximate surface area is 135 Å². The summed E-state index contributed by atoms with van der Waals surface area (Å²) in [5.41, 5.74) is -0.213. The van der Waals surface area contributed by atoms with Gasteiger partial charge in [0.25, 0.3) is 0 Å². The molecule has 1 aliphatic rings. The molecule has 1 saturated carbocycles. The molecule has 1 unspecified atom stereocenters. The lowest BCUT2D eigenvalue weighted by molar-refractivity contribution is -0.0647. The third kappa shape index (κ3) is 3.74. The molecule has 0 amide bonds. The van der Waals surface area contributed by atoms with Gasteiger partial charge in [0.15, 0.2) is 6.23 Å². The van der Waals surface area contributed by atoms with Crippen LogP contribution in [0.5, 0.6) is 5.75 Å². The number of aromatic nitrogens is 1. The number of nitrogens with one attached hydrogen (secondary N) is 2. The van der Waals surface area contributed by atoms with Crippen molar-refractivity contribution >= 4 is 10.9 Å². The number of fused-ring (bicyclic) bond motifs is 1. The molecule has 0 aliphatic heterocycles. The average Bonchev–Trinajstić information content (AvgIpc) is 2.54. The summed E-state index contributed by atoms with van der Waals surface area (Å²) in [6.07, 6.45) is 5.24. The zero-order chi connectivity index (χ0) is 16.3. The van der Waals surface area contributed by atoms with Crippen LogP contribution in [0.2, 0.25) is 0 Å². The van der Waals surface area contributed by atoms with E-state index >= 15 is 0 Å². The minimum Gasteiger partial charge on any atom is -0.475 e. The van der Waals surface area contributed by atoms with Crippen LogP contribution in [0.25, 0.3) is 10.9 Å². The van der Waals surface area contributed by atoms with Crippen molar-refractivity contribution in [2.24, 2.45) is 0 Å². The average molecular weight is 316 g/mol. The van der Waals surface area contributed by atoms with Crippen LogP contribution in [0.1, 0.15) is 45.4 Å². The zero-order valence-corrected chi connectivity index (χ0v) is 13.5. The maximum Gasteiger partial charge on any atom is 0.248 e. The van der Waals surface area contributed by atoms with Gasteiger partial charge in [-0.1, -0.05) is 19.4 Å². The quantitative estimate of drug-likeness (QED) is 0.742. The van der Waals surface area contributed by atoms with Crippen LogP contribution in [0.3, 0.4) is 0 Å². The second-order valence-corrected chi connectivity index (χ2v) is 6.29. The molecule has 1 aliphatic carbocycles. The topological polar surface area (TPSA) is 74.3 Å². The second kappa shape index (κ2) is 6.72. The van der Waals surface area contributed by atoms with Crippen molar-refractivity contribution in [2.45, 2.75) is 57.4 Å². The highest BCUT2D eigenvalue weighted by Gasteiger charge is 2.31. The molecule has 5 heteroatoms. The molecular formula is C18H24N2O3. The van der Waals surface area contributed by atoms with Crippen LogP contribution in [-0.2, 0) is 0 Å². The molecule has 23 heavy (non-hydrogen) atoms. The highest BCUT2D eigenvalue weighted by molar-refractivity contribution is 5.84. The number of hydrogen-bond acceptors (Lipinski definition) is 4. The number of aliphatic hydroxyl groups is 1. The van der Waals surface area contributed by atoms with E-state index in [-0.39, 0.29) is 11.8 Å². The minimum atomic E-state index is -0.835. The van der Waals surface area contributed by atoms with Gasteiger partial charge in [0.2, 0.25) is 5.56 Å². The Kier molecular flexibility index (Phi) is 4.68. The highest BCUT2D eigenvalue weighted by atomic mass is 16.5. The summed E-state index contributed by atoms with van der Waals surface area (Å²) < 4.78 is 6.09. The Morgan fingerprint density at radius 2 is 2.04 bits per heavy atom. The van der Waals surface area contributed by atoms with Gasteiger partial charge in [-0.15, -0.1) is 0 Å². The van der Waals surface area contributed by atoms with E-state index in [4.69, 9.17) is 4.74 Å². The van der Waals surface area contributed by atoms with Crippen LogP contribution in [0.4, 0.5) is 0 Å². The van der Waals surface area contributed by atoms with Gasteiger partial charge in [-0.2, -0.15) is 0 Å². The second-order valence-electron chi connectivity index (χ2n) is 6.29. The van der Waals surface area contributed by atoms with Gasteiger partial charge in [-0.05, 0) is 50.3 Å². The predicted molar refractivity (Wildman–Crippen MR) is 90.4 cm³/mol. The van der Waals surface area contributed by atoms with E-state index in [0.717, 1.165) is 43.0 Å². The van der Waals surface area contributed by atoms with Crippen molar-refractivity contribution in [3.63, 3.8) is 0 Å². The molecule has 0 bridgehead atoms. The third-order valence-corrected chi connectivity index (χ3v) is 4.48. The summed E-state index contributed by atoms with van der Waals surface area (Å²) in [6, 6.07) is 8.86. The molecule has 124 valence electrons. The Morgan fingerprint density at radius 3 is 2.78 bits per heavy atom. The fraction of sp³-hybridized carbons (Fsp3) is 0.500. The molecule has 1 fully saturated rings. The molecule has 0 radical (unpaired) electrons. The summed E-state index contributed by atoms with van der Waals surface area (Å²) in [4.78, 5) is 14.2. The molecule has 2 aromatic rings. The molecule has 1 atom stereocenters. The van der Waals surface area contributed by atoms with Crippen LogP contribution in [-0.4, -0.2) is 22.0 Å². The fourth-order valence-electron chi connectivity index (χ4n) is 3.21. The zero-order valence-electron chi connectivity index (χ0n) is 13.5. The van der Waals surface area contributed by atoms with Gasteiger partial charge < -0.3 is 14.8 Å². The number of ether oxygens (including phenoxy) is 1. The largest absolute Gasteiger partial charge is 0.475 e. The monoisotopic (exact) mass is 316 g/mol. The number of pyridine rings is 1. The maximum atomic E-state index is 11.4. The van der Waals surface area contributed by atoms with Gasteiger partial charge in [-0.3, -0.25) is 10.1 Å². The summed E-state index contributed by atoms with van der Waals surface area (Å²) in [6.45, 7) is 2.02. The van der Waals surface area contributed by atoms with Crippen molar-refractivity contribution in [2.75, 3.05) is 0 Å². The lowest BCUT2D eigenvalue weighted by Crippen LogP contribution is -2.53. The first-order valence-electron chi connectivity index (χ1n) is 8.38. The summed E-state index contributed by atoms with van der Waals surface area (Å²) >= 11 is 0. The minimum absolute atomic E-state index is 0.128. The Bertz CT molecular complexity index is 720. The Hall–Kier alpha value is -1.85. The van der Waals surface area contributed by atoms with Gasteiger partial charge in [0.1, 0.15) is 11.5 Å². The highest BCUT2D eigenvalue weighted by Crippen LogP contribution is 2.28. The van der Waals surface area contributed by atoms with Gasteiger partial charge in [0.05, 0.1) is 5.52 Å². The first-order valence-corrected chi connectivity index (χ1v) is 8.38. The molecular weight excluding hydrogens is 292 g/mol. The molecule has 3 rings (SSSR count). The number of benzene rings is 1. The van der Waals surface area contributed by atoms with E-state index < -0.39 is 5.72 Å². The molecule has 1 heterocycles. The van der Waals surface area contributed by atoms with E-state index in [1.54, 1.807) is 6.07 Å². The Balaban J connectivity index is 1.80. The van der Waals surface area contributed by atoms with Crippen LogP contribution >= 0.6 is 0 Å². The Morgan fingerprint density at radius 1 is 1.26 bits per heavy atom. The first-order chi connectivity index (χ1) is 11.1. The van der Waals surface area contributed by atoms with Gasteiger partial charge >= 0.3 is 0 Å². The molecule has 0 spiro atoms. The van der Waals surface area contributed by atoms with Crippen molar-refractivity contribution in [3.8, 4) is 5.75 Å². The van der Waals surface area contributed by atoms with E-state index in [1.165, 1.54) is 12.5 Å². The standard InChI is InChI=1S/C18H24N2O3/c1-2-17(20-18(22)11-4-3-5-12-18)23-15-8-6-7-14-13(15)9-10-16(21)19-14/h6-10,17,20,22H,2-5,11-12H2,1H3,(H,19,21). The molecule has 1 aromatic heterocycles. The number of hydrogen-bond donors (Lipinski definition) is 3. The van der Waals surface area contributed by atoms with Crippen molar-refractivity contribution in [3.05, 3.63) is 40.7 Å². The maximum absolute atomic E-state index is 11.4. The third-order valence-electron chi connectivity index (χ3n) is 4.48. The van der Waals surface area contributed by atoms with Crippen molar-refractivity contribution in [1.82, 2.24) is 10.3 Å². The van der Waals surface area contributed by atoms with Crippen LogP contribution in [0, 0.1) is 0 Å². The summed E-state index contributed by atoms with van der Waals surface area (Å²) in [5, 5.41) is 14.8. The van der Waals surface area contributed by atoms with Crippen LogP contribution in [0.15, 0.2) is 35.1 Å². The molecule has 1 aromatic carbocycles. The van der Waals surface area contributed by atoms with E-state index in [0.29, 0.717) is 5.75 Å². The van der Waals surface area contributed by atoms with Gasteiger partial charge in [0, 0.05) is 11.5 Å². The number of H-pyrrole nitrogens is 1. The predicted octanol–water partition coefficient (Wildman–Crippen LogP) is 2.89. The first kappa shape index (κ1) is 16.0. The molecule has 5 nitrogen and oxygen atoms in total. The lowest BCUT2D eigenvalue weighted by atomic mass is 9.91. The van der Waals surface area contributed by atoms with Crippen molar-refractivity contribution < 1.29 is 9.84 Å². The summed E-state index contributed by atoms with van der Waals surface area (Å²) in [5.74, 6) is 0.706. The number of rotatable bonds is 5. The smallest absolute Gasteiger partial charge is 0.248 e.